The molecule has 0 spiro atoms. The molecule has 21 heavy (non-hydrogen) atoms. The molecule has 0 bridgehead atoms. The molecule has 5 nitrogen and oxygen atoms in total. The van der Waals surface area contributed by atoms with E-state index in [0.29, 0.717) is 18.3 Å². The van der Waals surface area contributed by atoms with Crippen LogP contribution in [0.5, 0.6) is 0 Å². The monoisotopic (exact) mass is 280 g/mol. The van der Waals surface area contributed by atoms with Gasteiger partial charge in [-0.2, -0.15) is 0 Å². The van der Waals surface area contributed by atoms with E-state index in [-0.39, 0.29) is 6.04 Å². The van der Waals surface area contributed by atoms with Gasteiger partial charge >= 0.3 is 0 Å². The largest absolute Gasteiger partial charge is 0.419 e. The molecule has 106 valence electrons. The van der Waals surface area contributed by atoms with Crippen molar-refractivity contribution in [1.82, 2.24) is 20.5 Å². The van der Waals surface area contributed by atoms with Crippen LogP contribution >= 0.6 is 0 Å². The summed E-state index contributed by atoms with van der Waals surface area (Å²) in [6.45, 7) is 2.62. The van der Waals surface area contributed by atoms with Crippen LogP contribution in [0.1, 0.15) is 24.4 Å². The first kappa shape index (κ1) is 13.5. The minimum absolute atomic E-state index is 0.195. The summed E-state index contributed by atoms with van der Waals surface area (Å²) in [7, 11) is 0. The number of rotatable bonds is 5. The first-order valence-corrected chi connectivity index (χ1v) is 6.84. The minimum Gasteiger partial charge on any atom is -0.419 e. The number of nitrogens with zero attached hydrogens (tertiary/aromatic N) is 3. The number of benzene rings is 1. The van der Waals surface area contributed by atoms with E-state index in [1.165, 1.54) is 5.56 Å². The normalized spacial score (nSPS) is 12.2. The summed E-state index contributed by atoms with van der Waals surface area (Å²) in [6, 6.07) is 13.9. The lowest BCUT2D eigenvalue weighted by Gasteiger charge is -2.11. The number of hydrogen-bond donors (Lipinski definition) is 1. The Kier molecular flexibility index (Phi) is 4.02. The zero-order valence-electron chi connectivity index (χ0n) is 11.7. The molecule has 0 amide bonds. The van der Waals surface area contributed by atoms with E-state index < -0.39 is 0 Å². The third-order valence-electron chi connectivity index (χ3n) is 3.25. The van der Waals surface area contributed by atoms with E-state index in [1.54, 1.807) is 12.4 Å². The fourth-order valence-corrected chi connectivity index (χ4v) is 2.03. The molecule has 1 N–H and O–H groups in total. The van der Waals surface area contributed by atoms with Gasteiger partial charge in [0.1, 0.15) is 0 Å². The van der Waals surface area contributed by atoms with Crippen molar-refractivity contribution in [2.24, 2.45) is 0 Å². The van der Waals surface area contributed by atoms with Crippen molar-refractivity contribution in [3.05, 3.63) is 66.3 Å². The Labute approximate surface area is 123 Å². The van der Waals surface area contributed by atoms with Gasteiger partial charge in [-0.1, -0.05) is 18.2 Å². The molecule has 0 saturated carbocycles. The number of nitrogens with one attached hydrogen (secondary N) is 1. The maximum atomic E-state index is 5.66. The van der Waals surface area contributed by atoms with Crippen molar-refractivity contribution >= 4 is 0 Å². The predicted octanol–water partition coefficient (Wildman–Crippen LogP) is 2.98. The van der Waals surface area contributed by atoms with E-state index in [1.807, 2.05) is 42.5 Å². The zero-order valence-corrected chi connectivity index (χ0v) is 11.7. The van der Waals surface area contributed by atoms with E-state index >= 15 is 0 Å². The standard InChI is InChI=1S/C16H16N4O/c1-12(13-7-9-17-10-8-13)18-11-15-19-20-16(21-15)14-5-3-2-4-6-14/h2-10,12,18H,11H2,1H3/t12-/m0/s1. The van der Waals surface area contributed by atoms with Gasteiger partial charge < -0.3 is 9.73 Å². The summed E-state index contributed by atoms with van der Waals surface area (Å²) >= 11 is 0. The Morgan fingerprint density at radius 3 is 2.57 bits per heavy atom. The van der Waals surface area contributed by atoms with Crippen LogP contribution in [0.2, 0.25) is 0 Å². The first-order chi connectivity index (χ1) is 10.3. The lowest BCUT2D eigenvalue weighted by Crippen LogP contribution is -2.18. The van der Waals surface area contributed by atoms with E-state index in [2.05, 4.69) is 27.4 Å². The minimum atomic E-state index is 0.195. The molecule has 0 fully saturated rings. The Morgan fingerprint density at radius 1 is 1.05 bits per heavy atom. The van der Waals surface area contributed by atoms with Gasteiger partial charge in [-0.15, -0.1) is 10.2 Å². The van der Waals surface area contributed by atoms with Crippen LogP contribution in [0, 0.1) is 0 Å². The maximum absolute atomic E-state index is 5.66. The summed E-state index contributed by atoms with van der Waals surface area (Å²) in [5.74, 6) is 1.12. The number of hydrogen-bond acceptors (Lipinski definition) is 5. The molecule has 2 heterocycles. The molecular weight excluding hydrogens is 264 g/mol. The summed E-state index contributed by atoms with van der Waals surface area (Å²) in [6.07, 6.45) is 3.57. The third-order valence-corrected chi connectivity index (χ3v) is 3.25. The summed E-state index contributed by atoms with van der Waals surface area (Å²) in [5, 5.41) is 11.5. The van der Waals surface area contributed by atoms with Crippen LogP contribution in [0.15, 0.2) is 59.3 Å². The van der Waals surface area contributed by atoms with Crippen molar-refractivity contribution in [1.29, 1.82) is 0 Å². The predicted molar refractivity (Wildman–Crippen MR) is 79.2 cm³/mol. The maximum Gasteiger partial charge on any atom is 0.247 e. The quantitative estimate of drug-likeness (QED) is 0.778. The fourth-order valence-electron chi connectivity index (χ4n) is 2.03. The molecule has 1 aromatic carbocycles. The SMILES string of the molecule is C[C@H](NCc1nnc(-c2ccccc2)o1)c1ccncc1. The highest BCUT2D eigenvalue weighted by Gasteiger charge is 2.10. The van der Waals surface area contributed by atoms with Crippen LogP contribution in [-0.4, -0.2) is 15.2 Å². The van der Waals surface area contributed by atoms with Crippen molar-refractivity contribution in [3.8, 4) is 11.5 Å². The molecule has 0 aliphatic carbocycles. The van der Waals surface area contributed by atoms with Crippen molar-refractivity contribution in [2.45, 2.75) is 19.5 Å². The molecule has 3 rings (SSSR count). The first-order valence-electron chi connectivity index (χ1n) is 6.84. The van der Waals surface area contributed by atoms with E-state index in [0.717, 1.165) is 5.56 Å². The van der Waals surface area contributed by atoms with Gasteiger partial charge in [-0.05, 0) is 36.8 Å². The Hall–Kier alpha value is -2.53. The topological polar surface area (TPSA) is 63.8 Å². The van der Waals surface area contributed by atoms with E-state index in [4.69, 9.17) is 4.42 Å². The molecule has 0 aliphatic heterocycles. The highest BCUT2D eigenvalue weighted by atomic mass is 16.4. The molecule has 3 aromatic rings. The third kappa shape index (κ3) is 3.32. The average molecular weight is 280 g/mol. The molecule has 5 heteroatoms. The second kappa shape index (κ2) is 6.28. The Morgan fingerprint density at radius 2 is 1.81 bits per heavy atom. The highest BCUT2D eigenvalue weighted by molar-refractivity contribution is 5.51. The van der Waals surface area contributed by atoms with Crippen LogP contribution in [-0.2, 0) is 6.54 Å². The van der Waals surface area contributed by atoms with Crippen LogP contribution in [0.25, 0.3) is 11.5 Å². The highest BCUT2D eigenvalue weighted by Crippen LogP contribution is 2.17. The van der Waals surface area contributed by atoms with Gasteiger partial charge in [0, 0.05) is 24.0 Å². The lowest BCUT2D eigenvalue weighted by atomic mass is 10.1. The summed E-state index contributed by atoms with van der Waals surface area (Å²) < 4.78 is 5.66. The van der Waals surface area contributed by atoms with Gasteiger partial charge in [0.25, 0.3) is 0 Å². The van der Waals surface area contributed by atoms with E-state index in [9.17, 15) is 0 Å². The van der Waals surface area contributed by atoms with Gasteiger partial charge in [-0.25, -0.2) is 0 Å². The molecule has 2 aromatic heterocycles. The molecule has 1 atom stereocenters. The number of pyridine rings is 1. The summed E-state index contributed by atoms with van der Waals surface area (Å²) in [5.41, 5.74) is 2.10. The fraction of sp³-hybridized carbons (Fsp3) is 0.188. The van der Waals surface area contributed by atoms with Crippen LogP contribution in [0.4, 0.5) is 0 Å². The zero-order chi connectivity index (χ0) is 14.5. The Balaban J connectivity index is 1.63. The number of aromatic nitrogens is 3. The van der Waals surface area contributed by atoms with Gasteiger partial charge in [-0.3, -0.25) is 4.98 Å². The second-order valence-electron chi connectivity index (χ2n) is 4.75. The van der Waals surface area contributed by atoms with Crippen LogP contribution < -0.4 is 5.32 Å². The Bertz CT molecular complexity index is 682. The summed E-state index contributed by atoms with van der Waals surface area (Å²) in [4.78, 5) is 4.01. The van der Waals surface area contributed by atoms with Crippen molar-refractivity contribution in [2.75, 3.05) is 0 Å². The molecule has 0 radical (unpaired) electrons. The molecule has 0 aliphatic rings. The second-order valence-corrected chi connectivity index (χ2v) is 4.75. The molecular formula is C16H16N4O. The molecule has 0 unspecified atom stereocenters. The molecule has 0 saturated heterocycles. The average Bonchev–Trinajstić information content (AvgIpc) is 3.03. The van der Waals surface area contributed by atoms with Gasteiger partial charge in [0.15, 0.2) is 0 Å². The van der Waals surface area contributed by atoms with Crippen molar-refractivity contribution < 1.29 is 4.42 Å². The van der Waals surface area contributed by atoms with Crippen LogP contribution in [0.3, 0.4) is 0 Å². The van der Waals surface area contributed by atoms with Crippen molar-refractivity contribution in [3.63, 3.8) is 0 Å². The van der Waals surface area contributed by atoms with Gasteiger partial charge in [0.2, 0.25) is 11.8 Å². The lowest BCUT2D eigenvalue weighted by molar-refractivity contribution is 0.454. The smallest absolute Gasteiger partial charge is 0.247 e. The van der Waals surface area contributed by atoms with Gasteiger partial charge in [0.05, 0.1) is 6.54 Å².